The second-order valence-electron chi connectivity index (χ2n) is 8.06. The first-order chi connectivity index (χ1) is 17.2. The Morgan fingerprint density at radius 2 is 1.83 bits per heavy atom. The quantitative estimate of drug-likeness (QED) is 0.407. The van der Waals surface area contributed by atoms with Crippen molar-refractivity contribution >= 4 is 16.8 Å². The fourth-order valence-electron chi connectivity index (χ4n) is 4.00. The molecule has 0 aliphatic heterocycles. The van der Waals surface area contributed by atoms with Crippen LogP contribution in [0.15, 0.2) is 64.3 Å². The summed E-state index contributed by atoms with van der Waals surface area (Å²) in [5.41, 5.74) is -1.43. The van der Waals surface area contributed by atoms with E-state index in [0.29, 0.717) is 16.2 Å². The first-order valence-electron chi connectivity index (χ1n) is 10.9. The first-order valence-corrected chi connectivity index (χ1v) is 10.9. The first kappa shape index (κ1) is 24.7. The predicted molar refractivity (Wildman–Crippen MR) is 125 cm³/mol. The number of aromatic nitrogens is 3. The van der Waals surface area contributed by atoms with E-state index in [0.717, 1.165) is 12.3 Å². The number of methoxy groups -OCH3 is 1. The number of carbonyl (C=O) groups excluding carboxylic acids is 1. The fraction of sp³-hybridized carbons (Fsp3) is 0.200. The van der Waals surface area contributed by atoms with Crippen LogP contribution in [-0.2, 0) is 11.2 Å². The molecule has 2 aromatic heterocycles. The Balaban J connectivity index is 1.83. The molecule has 0 radical (unpaired) electrons. The van der Waals surface area contributed by atoms with Gasteiger partial charge in [0.2, 0.25) is 5.91 Å². The molecule has 0 aliphatic carbocycles. The molecular weight excluding hydrogens is 477 g/mol. The van der Waals surface area contributed by atoms with Crippen LogP contribution >= 0.6 is 0 Å². The summed E-state index contributed by atoms with van der Waals surface area (Å²) in [6.45, 7) is 1.42. The molecule has 0 bridgehead atoms. The molecule has 4 aromatic rings. The standard InChI is InChI=1S/C25H21F3N4O4/c1-13(21-17(28)11-15(26)12-29-21)30-23(33)19(10-14-6-4-3-5-7-14)32-24(34)20-18(31-25(32)35)9-8-16(27)22(20)36-2/h3-9,11-13,19H,10H2,1-2H3,(H,30,33)(H,31,35)/t13-,19+/m0/s1. The summed E-state index contributed by atoms with van der Waals surface area (Å²) in [6, 6.07) is 9.05. The van der Waals surface area contributed by atoms with Crippen LogP contribution in [0.1, 0.15) is 30.3 Å². The minimum atomic E-state index is -1.41. The van der Waals surface area contributed by atoms with Crippen molar-refractivity contribution < 1.29 is 22.7 Å². The molecule has 0 spiro atoms. The van der Waals surface area contributed by atoms with E-state index in [1.807, 2.05) is 0 Å². The van der Waals surface area contributed by atoms with Crippen molar-refractivity contribution in [1.82, 2.24) is 19.9 Å². The van der Waals surface area contributed by atoms with Crippen LogP contribution in [0.4, 0.5) is 13.2 Å². The third-order valence-electron chi connectivity index (χ3n) is 5.70. The summed E-state index contributed by atoms with van der Waals surface area (Å²) in [5, 5.41) is 2.29. The highest BCUT2D eigenvalue weighted by Gasteiger charge is 2.29. The lowest BCUT2D eigenvalue weighted by Gasteiger charge is -2.22. The number of pyridine rings is 1. The number of rotatable bonds is 7. The molecule has 0 saturated heterocycles. The number of benzene rings is 2. The van der Waals surface area contributed by atoms with Gasteiger partial charge in [0.05, 0.1) is 30.6 Å². The number of hydrogen-bond acceptors (Lipinski definition) is 5. The zero-order valence-electron chi connectivity index (χ0n) is 19.2. The lowest BCUT2D eigenvalue weighted by Crippen LogP contribution is -2.46. The number of fused-ring (bicyclic) bond motifs is 1. The predicted octanol–water partition coefficient (Wildman–Crippen LogP) is 3.17. The normalized spacial score (nSPS) is 12.8. The Morgan fingerprint density at radius 1 is 1.11 bits per heavy atom. The zero-order chi connectivity index (χ0) is 26.0. The number of ether oxygens (including phenoxy) is 1. The number of aromatic amines is 1. The Bertz CT molecular complexity index is 1550. The molecule has 1 amide bonds. The van der Waals surface area contributed by atoms with Crippen LogP contribution in [0.5, 0.6) is 5.75 Å². The molecule has 8 nitrogen and oxygen atoms in total. The number of H-pyrrole nitrogens is 1. The molecule has 0 unspecified atom stereocenters. The van der Waals surface area contributed by atoms with E-state index in [1.54, 1.807) is 30.3 Å². The van der Waals surface area contributed by atoms with Gasteiger partial charge in [-0.1, -0.05) is 30.3 Å². The molecule has 2 aromatic carbocycles. The van der Waals surface area contributed by atoms with Crippen LogP contribution in [0, 0.1) is 17.5 Å². The number of nitrogens with zero attached hydrogens (tertiary/aromatic N) is 2. The molecular formula is C25H21F3N4O4. The summed E-state index contributed by atoms with van der Waals surface area (Å²) < 4.78 is 47.6. The third-order valence-corrected chi connectivity index (χ3v) is 5.70. The molecule has 0 aliphatic rings. The number of amides is 1. The van der Waals surface area contributed by atoms with E-state index < -0.39 is 46.7 Å². The fourth-order valence-corrected chi connectivity index (χ4v) is 4.00. The minimum Gasteiger partial charge on any atom is -0.493 e. The van der Waals surface area contributed by atoms with E-state index in [4.69, 9.17) is 4.74 Å². The molecule has 0 fully saturated rings. The average molecular weight is 498 g/mol. The highest BCUT2D eigenvalue weighted by atomic mass is 19.1. The van der Waals surface area contributed by atoms with Gasteiger partial charge in [-0.3, -0.25) is 14.6 Å². The Morgan fingerprint density at radius 3 is 2.50 bits per heavy atom. The van der Waals surface area contributed by atoms with Gasteiger partial charge in [0.15, 0.2) is 11.6 Å². The Hall–Kier alpha value is -4.41. The monoisotopic (exact) mass is 498 g/mol. The van der Waals surface area contributed by atoms with Gasteiger partial charge in [-0.05, 0) is 24.6 Å². The third kappa shape index (κ3) is 4.72. The van der Waals surface area contributed by atoms with Crippen molar-refractivity contribution in [2.24, 2.45) is 0 Å². The van der Waals surface area contributed by atoms with Crippen molar-refractivity contribution in [3.63, 3.8) is 0 Å². The van der Waals surface area contributed by atoms with Gasteiger partial charge >= 0.3 is 5.69 Å². The average Bonchev–Trinajstić information content (AvgIpc) is 2.84. The number of nitrogens with one attached hydrogen (secondary N) is 2. The van der Waals surface area contributed by atoms with Crippen molar-refractivity contribution in [2.45, 2.75) is 25.4 Å². The van der Waals surface area contributed by atoms with Crippen molar-refractivity contribution in [3.05, 3.63) is 104 Å². The lowest BCUT2D eigenvalue weighted by molar-refractivity contribution is -0.125. The maximum atomic E-state index is 14.4. The maximum absolute atomic E-state index is 14.4. The van der Waals surface area contributed by atoms with Crippen LogP contribution in [-0.4, -0.2) is 27.6 Å². The molecule has 4 rings (SSSR count). The zero-order valence-corrected chi connectivity index (χ0v) is 19.2. The van der Waals surface area contributed by atoms with Gasteiger partial charge < -0.3 is 15.0 Å². The number of hydrogen-bond donors (Lipinski definition) is 2. The summed E-state index contributed by atoms with van der Waals surface area (Å²) in [5.74, 6) is -3.86. The van der Waals surface area contributed by atoms with Crippen LogP contribution in [0.25, 0.3) is 10.9 Å². The van der Waals surface area contributed by atoms with Crippen molar-refractivity contribution in [3.8, 4) is 5.75 Å². The van der Waals surface area contributed by atoms with Gasteiger partial charge in [-0.15, -0.1) is 0 Å². The van der Waals surface area contributed by atoms with Gasteiger partial charge in [-0.2, -0.15) is 0 Å². The minimum absolute atomic E-state index is 0.0318. The second-order valence-corrected chi connectivity index (χ2v) is 8.06. The SMILES string of the molecule is COc1c(F)ccc2[nH]c(=O)n([C@H](Cc3ccccc3)C(=O)N[C@@H](C)c3ncc(F)cc3F)c(=O)c12. The molecule has 186 valence electrons. The summed E-state index contributed by atoms with van der Waals surface area (Å²) >= 11 is 0. The van der Waals surface area contributed by atoms with Crippen molar-refractivity contribution in [1.29, 1.82) is 0 Å². The summed E-state index contributed by atoms with van der Waals surface area (Å²) in [7, 11) is 1.17. The van der Waals surface area contributed by atoms with E-state index in [2.05, 4.69) is 15.3 Å². The Kier molecular flexibility index (Phi) is 6.91. The lowest BCUT2D eigenvalue weighted by atomic mass is 10.0. The Labute approximate surface area is 202 Å². The number of carbonyl (C=O) groups is 1. The van der Waals surface area contributed by atoms with Gasteiger partial charge in [0, 0.05) is 12.5 Å². The molecule has 2 atom stereocenters. The second kappa shape index (κ2) is 10.1. The molecule has 11 heteroatoms. The maximum Gasteiger partial charge on any atom is 0.329 e. The smallest absolute Gasteiger partial charge is 0.329 e. The van der Waals surface area contributed by atoms with Gasteiger partial charge in [0.25, 0.3) is 5.56 Å². The van der Waals surface area contributed by atoms with Crippen LogP contribution < -0.4 is 21.3 Å². The molecule has 36 heavy (non-hydrogen) atoms. The van der Waals surface area contributed by atoms with Crippen molar-refractivity contribution in [2.75, 3.05) is 7.11 Å². The summed E-state index contributed by atoms with van der Waals surface area (Å²) in [4.78, 5) is 46.1. The van der Waals surface area contributed by atoms with E-state index in [1.165, 1.54) is 20.1 Å². The van der Waals surface area contributed by atoms with E-state index >= 15 is 0 Å². The topological polar surface area (TPSA) is 106 Å². The molecule has 0 saturated carbocycles. The van der Waals surface area contributed by atoms with Crippen LogP contribution in [0.2, 0.25) is 0 Å². The number of halogens is 3. The van der Waals surface area contributed by atoms with Gasteiger partial charge in [0.1, 0.15) is 23.1 Å². The molecule has 2 heterocycles. The van der Waals surface area contributed by atoms with E-state index in [-0.39, 0.29) is 28.8 Å². The largest absolute Gasteiger partial charge is 0.493 e. The highest BCUT2D eigenvalue weighted by molar-refractivity contribution is 5.85. The summed E-state index contributed by atoms with van der Waals surface area (Å²) in [6.07, 6.45) is 0.715. The highest BCUT2D eigenvalue weighted by Crippen LogP contribution is 2.25. The molecule has 2 N–H and O–H groups in total. The van der Waals surface area contributed by atoms with Crippen LogP contribution in [0.3, 0.4) is 0 Å². The van der Waals surface area contributed by atoms with E-state index in [9.17, 15) is 27.6 Å². The van der Waals surface area contributed by atoms with Gasteiger partial charge in [-0.25, -0.2) is 22.5 Å².